The summed E-state index contributed by atoms with van der Waals surface area (Å²) >= 11 is 0. The standard InChI is InChI=1S/C21H23N3O4/c25-20-15-28-19-7-6-17(22-21(26)16-4-2-1-3-5-16)14-18(19)24(20)9-8-23-10-12-27-13-11-23/h1-7,14H,8-13,15H2,(H,22,26). The smallest absolute Gasteiger partial charge is 0.265 e. The van der Waals surface area contributed by atoms with E-state index in [4.69, 9.17) is 9.47 Å². The van der Waals surface area contributed by atoms with Crippen LogP contribution >= 0.6 is 0 Å². The molecule has 0 radical (unpaired) electrons. The average Bonchev–Trinajstić information content (AvgIpc) is 2.74. The molecule has 146 valence electrons. The lowest BCUT2D eigenvalue weighted by atomic mass is 10.1. The first kappa shape index (κ1) is 18.5. The second kappa shape index (κ2) is 8.41. The maximum absolute atomic E-state index is 12.5. The molecule has 0 aromatic heterocycles. The quantitative estimate of drug-likeness (QED) is 0.858. The Morgan fingerprint density at radius 2 is 1.82 bits per heavy atom. The Bertz CT molecular complexity index is 850. The van der Waals surface area contributed by atoms with Gasteiger partial charge in [0.05, 0.1) is 18.9 Å². The number of ether oxygens (including phenoxy) is 2. The third-order valence-electron chi connectivity index (χ3n) is 4.94. The number of carbonyl (C=O) groups excluding carboxylic acids is 2. The summed E-state index contributed by atoms with van der Waals surface area (Å²) in [6.07, 6.45) is 0. The number of carbonyl (C=O) groups is 2. The van der Waals surface area contributed by atoms with Crippen molar-refractivity contribution in [2.24, 2.45) is 0 Å². The van der Waals surface area contributed by atoms with E-state index in [9.17, 15) is 9.59 Å². The molecule has 7 nitrogen and oxygen atoms in total. The fourth-order valence-corrected chi connectivity index (χ4v) is 3.38. The van der Waals surface area contributed by atoms with Crippen LogP contribution in [0.1, 0.15) is 10.4 Å². The fraction of sp³-hybridized carbons (Fsp3) is 0.333. The minimum atomic E-state index is -0.191. The van der Waals surface area contributed by atoms with Gasteiger partial charge < -0.3 is 19.7 Å². The summed E-state index contributed by atoms with van der Waals surface area (Å²) in [6.45, 7) is 4.58. The van der Waals surface area contributed by atoms with Gasteiger partial charge in [-0.15, -0.1) is 0 Å². The summed E-state index contributed by atoms with van der Waals surface area (Å²) < 4.78 is 10.9. The van der Waals surface area contributed by atoms with Crippen molar-refractivity contribution in [3.63, 3.8) is 0 Å². The van der Waals surface area contributed by atoms with Gasteiger partial charge in [0.25, 0.3) is 11.8 Å². The van der Waals surface area contributed by atoms with E-state index >= 15 is 0 Å². The van der Waals surface area contributed by atoms with Gasteiger partial charge in [-0.2, -0.15) is 0 Å². The Morgan fingerprint density at radius 1 is 1.04 bits per heavy atom. The highest BCUT2D eigenvalue weighted by Crippen LogP contribution is 2.34. The molecule has 2 amide bonds. The van der Waals surface area contributed by atoms with E-state index < -0.39 is 0 Å². The van der Waals surface area contributed by atoms with Crippen molar-refractivity contribution in [2.75, 3.05) is 56.2 Å². The summed E-state index contributed by atoms with van der Waals surface area (Å²) in [4.78, 5) is 28.9. The third-order valence-corrected chi connectivity index (χ3v) is 4.94. The van der Waals surface area contributed by atoms with E-state index in [2.05, 4.69) is 10.2 Å². The van der Waals surface area contributed by atoms with E-state index in [1.165, 1.54) is 0 Å². The van der Waals surface area contributed by atoms with Gasteiger partial charge in [-0.3, -0.25) is 14.5 Å². The molecule has 1 N–H and O–H groups in total. The number of rotatable bonds is 5. The number of anilines is 2. The van der Waals surface area contributed by atoms with Crippen molar-refractivity contribution in [3.05, 3.63) is 54.1 Å². The number of nitrogens with one attached hydrogen (secondary N) is 1. The summed E-state index contributed by atoms with van der Waals surface area (Å²) in [5.74, 6) is 0.384. The van der Waals surface area contributed by atoms with E-state index in [1.807, 2.05) is 18.2 Å². The van der Waals surface area contributed by atoms with Crippen LogP contribution in [0, 0.1) is 0 Å². The maximum atomic E-state index is 12.5. The predicted molar refractivity (Wildman–Crippen MR) is 106 cm³/mol. The van der Waals surface area contributed by atoms with Crippen molar-refractivity contribution >= 4 is 23.2 Å². The topological polar surface area (TPSA) is 71.1 Å². The van der Waals surface area contributed by atoms with Gasteiger partial charge in [-0.1, -0.05) is 18.2 Å². The normalized spacial score (nSPS) is 17.0. The molecule has 0 bridgehead atoms. The maximum Gasteiger partial charge on any atom is 0.265 e. The van der Waals surface area contributed by atoms with E-state index in [1.54, 1.807) is 35.2 Å². The van der Waals surface area contributed by atoms with Gasteiger partial charge in [0.15, 0.2) is 6.61 Å². The zero-order valence-electron chi connectivity index (χ0n) is 15.6. The highest BCUT2D eigenvalue weighted by Gasteiger charge is 2.26. The zero-order chi connectivity index (χ0) is 19.3. The third kappa shape index (κ3) is 4.16. The Hall–Kier alpha value is -2.90. The number of amides is 2. The largest absolute Gasteiger partial charge is 0.482 e. The first-order valence-corrected chi connectivity index (χ1v) is 9.44. The summed E-state index contributed by atoms with van der Waals surface area (Å²) in [7, 11) is 0. The minimum absolute atomic E-state index is 0.0336. The van der Waals surface area contributed by atoms with Crippen LogP contribution < -0.4 is 15.0 Å². The number of fused-ring (bicyclic) bond motifs is 1. The van der Waals surface area contributed by atoms with Gasteiger partial charge >= 0.3 is 0 Å². The van der Waals surface area contributed by atoms with Crippen LogP contribution in [0.3, 0.4) is 0 Å². The number of hydrogen-bond acceptors (Lipinski definition) is 5. The lowest BCUT2D eigenvalue weighted by Crippen LogP contribution is -2.45. The minimum Gasteiger partial charge on any atom is -0.482 e. The summed E-state index contributed by atoms with van der Waals surface area (Å²) in [5, 5.41) is 2.89. The fourth-order valence-electron chi connectivity index (χ4n) is 3.38. The Morgan fingerprint density at radius 3 is 2.61 bits per heavy atom. The first-order chi connectivity index (χ1) is 13.7. The van der Waals surface area contributed by atoms with Crippen molar-refractivity contribution in [1.82, 2.24) is 4.90 Å². The molecule has 0 aliphatic carbocycles. The SMILES string of the molecule is O=C(Nc1ccc2c(c1)N(CCN1CCOCC1)C(=O)CO2)c1ccccc1. The number of benzene rings is 2. The Labute approximate surface area is 163 Å². The van der Waals surface area contributed by atoms with Gasteiger partial charge in [0.2, 0.25) is 0 Å². The predicted octanol–water partition coefficient (Wildman–Crippen LogP) is 2.00. The van der Waals surface area contributed by atoms with Crippen LogP contribution in [0.25, 0.3) is 0 Å². The van der Waals surface area contributed by atoms with Crippen LogP contribution in [0.4, 0.5) is 11.4 Å². The summed E-state index contributed by atoms with van der Waals surface area (Å²) in [6, 6.07) is 14.4. The average molecular weight is 381 g/mol. The molecule has 2 aromatic rings. The van der Waals surface area contributed by atoms with Crippen LogP contribution in [-0.4, -0.2) is 62.7 Å². The Kier molecular flexibility index (Phi) is 5.55. The molecule has 1 saturated heterocycles. The van der Waals surface area contributed by atoms with Crippen LogP contribution in [0.15, 0.2) is 48.5 Å². The molecule has 0 atom stereocenters. The lowest BCUT2D eigenvalue weighted by molar-refractivity contribution is -0.121. The molecular weight excluding hydrogens is 358 g/mol. The molecule has 2 heterocycles. The van der Waals surface area contributed by atoms with Crippen LogP contribution in [0.2, 0.25) is 0 Å². The van der Waals surface area contributed by atoms with Crippen molar-refractivity contribution < 1.29 is 19.1 Å². The molecule has 7 heteroatoms. The number of hydrogen-bond donors (Lipinski definition) is 1. The summed E-state index contributed by atoms with van der Waals surface area (Å²) in [5.41, 5.74) is 1.90. The second-order valence-electron chi connectivity index (χ2n) is 6.79. The van der Waals surface area contributed by atoms with Crippen molar-refractivity contribution in [2.45, 2.75) is 0 Å². The molecule has 2 aromatic carbocycles. The molecule has 0 unspecified atom stereocenters. The molecule has 0 spiro atoms. The molecule has 28 heavy (non-hydrogen) atoms. The van der Waals surface area contributed by atoms with Crippen molar-refractivity contribution in [3.8, 4) is 5.75 Å². The van der Waals surface area contributed by atoms with Crippen molar-refractivity contribution in [1.29, 1.82) is 0 Å². The van der Waals surface area contributed by atoms with Gasteiger partial charge in [0, 0.05) is 37.4 Å². The van der Waals surface area contributed by atoms with Crippen LogP contribution in [-0.2, 0) is 9.53 Å². The molecule has 1 fully saturated rings. The second-order valence-corrected chi connectivity index (χ2v) is 6.79. The molecule has 4 rings (SSSR count). The van der Waals surface area contributed by atoms with E-state index in [0.29, 0.717) is 29.2 Å². The monoisotopic (exact) mass is 381 g/mol. The lowest BCUT2D eigenvalue weighted by Gasteiger charge is -2.33. The molecule has 2 aliphatic heterocycles. The highest BCUT2D eigenvalue weighted by atomic mass is 16.5. The highest BCUT2D eigenvalue weighted by molar-refractivity contribution is 6.05. The molecular formula is C21H23N3O4. The van der Waals surface area contributed by atoms with Gasteiger partial charge in [0.1, 0.15) is 5.75 Å². The molecule has 0 saturated carbocycles. The van der Waals surface area contributed by atoms with Crippen LogP contribution in [0.5, 0.6) is 5.75 Å². The number of nitrogens with zero attached hydrogens (tertiary/aromatic N) is 2. The van der Waals surface area contributed by atoms with Gasteiger partial charge in [-0.05, 0) is 30.3 Å². The van der Waals surface area contributed by atoms with E-state index in [0.717, 1.165) is 32.8 Å². The molecule has 2 aliphatic rings. The Balaban J connectivity index is 1.49. The first-order valence-electron chi connectivity index (χ1n) is 9.44. The number of morpholine rings is 1. The van der Waals surface area contributed by atoms with E-state index in [-0.39, 0.29) is 18.4 Å². The van der Waals surface area contributed by atoms with Gasteiger partial charge in [-0.25, -0.2) is 0 Å². The zero-order valence-corrected chi connectivity index (χ0v) is 15.6.